The van der Waals surface area contributed by atoms with Crippen molar-refractivity contribution in [1.29, 1.82) is 0 Å². The van der Waals surface area contributed by atoms with E-state index < -0.39 is 4.92 Å². The number of rotatable bonds is 5. The number of nitro benzene ring substituents is 1. The first-order valence-electron chi connectivity index (χ1n) is 7.81. The Morgan fingerprint density at radius 2 is 2.04 bits per heavy atom. The van der Waals surface area contributed by atoms with Crippen molar-refractivity contribution < 1.29 is 9.76 Å². The number of non-ortho nitro benzene ring substituents is 1. The topological polar surface area (TPSA) is 89.3 Å². The van der Waals surface area contributed by atoms with Gasteiger partial charge < -0.3 is 5.32 Å². The second kappa shape index (κ2) is 7.85. The van der Waals surface area contributed by atoms with Crippen molar-refractivity contribution in [2.75, 3.05) is 5.32 Å². The normalized spacial score (nSPS) is 10.5. The van der Waals surface area contributed by atoms with Gasteiger partial charge in [-0.3, -0.25) is 19.9 Å². The highest BCUT2D eigenvalue weighted by Gasteiger charge is 2.09. The lowest BCUT2D eigenvalue weighted by Gasteiger charge is -2.12. The Hall–Kier alpha value is -3.10. The Morgan fingerprint density at radius 3 is 2.81 bits per heavy atom. The van der Waals surface area contributed by atoms with Crippen molar-refractivity contribution in [1.82, 2.24) is 10.5 Å². The van der Waals surface area contributed by atoms with Gasteiger partial charge in [-0.2, -0.15) is 0 Å². The lowest BCUT2D eigenvalue weighted by atomic mass is 10.2. The van der Waals surface area contributed by atoms with E-state index in [1.165, 1.54) is 12.1 Å². The fraction of sp³-hybridized carbons (Fsp3) is 0.111. The summed E-state index contributed by atoms with van der Waals surface area (Å²) in [6.45, 7) is 2.00. The van der Waals surface area contributed by atoms with Crippen LogP contribution in [-0.2, 0) is 11.4 Å². The molecule has 0 saturated heterocycles. The molecule has 1 heterocycles. The second-order valence-corrected chi connectivity index (χ2v) is 6.00. The van der Waals surface area contributed by atoms with Crippen molar-refractivity contribution in [2.24, 2.45) is 0 Å². The van der Waals surface area contributed by atoms with Crippen LogP contribution in [-0.4, -0.2) is 15.0 Å². The number of para-hydroxylation sites is 1. The number of nitrogens with zero attached hydrogens (tertiary/aromatic N) is 2. The molecular formula is C18H16N4O3S. The van der Waals surface area contributed by atoms with E-state index >= 15 is 0 Å². The minimum atomic E-state index is -0.437. The van der Waals surface area contributed by atoms with Gasteiger partial charge in [-0.1, -0.05) is 24.3 Å². The predicted octanol–water partition coefficient (Wildman–Crippen LogP) is 3.87. The molecular weight excluding hydrogens is 352 g/mol. The number of nitrogens with one attached hydrogen (secondary N) is 2. The van der Waals surface area contributed by atoms with E-state index in [-0.39, 0.29) is 17.4 Å². The highest BCUT2D eigenvalue weighted by atomic mass is 32.1. The summed E-state index contributed by atoms with van der Waals surface area (Å²) in [6.07, 6.45) is 0. The van der Waals surface area contributed by atoms with E-state index in [1.54, 1.807) is 13.0 Å². The lowest BCUT2D eigenvalue weighted by Crippen LogP contribution is -2.28. The maximum Gasteiger partial charge on any atom is 0.269 e. The number of thiocarbonyl (C=S) groups is 1. The first-order chi connectivity index (χ1) is 12.5. The van der Waals surface area contributed by atoms with Crippen molar-refractivity contribution in [3.63, 3.8) is 0 Å². The zero-order valence-corrected chi connectivity index (χ0v) is 14.7. The standard InChI is InChI=1S/C18H16N4O3S/c1-12-10-15(22(23)24)8-9-16(12)20-18(26)21-25-11-14-7-6-13-4-2-3-5-17(13)19-14/h2-10H,11H2,1H3,(H2,20,21,26). The molecule has 0 aliphatic heterocycles. The van der Waals surface area contributed by atoms with Gasteiger partial charge >= 0.3 is 0 Å². The highest BCUT2D eigenvalue weighted by Crippen LogP contribution is 2.21. The van der Waals surface area contributed by atoms with Crippen LogP contribution >= 0.6 is 12.2 Å². The van der Waals surface area contributed by atoms with Crippen LogP contribution in [0.5, 0.6) is 0 Å². The fourth-order valence-corrected chi connectivity index (χ4v) is 2.58. The van der Waals surface area contributed by atoms with Crippen LogP contribution in [0.4, 0.5) is 11.4 Å². The third-order valence-electron chi connectivity index (χ3n) is 3.71. The molecule has 0 fully saturated rings. The van der Waals surface area contributed by atoms with Crippen molar-refractivity contribution in [2.45, 2.75) is 13.5 Å². The molecule has 3 aromatic rings. The third kappa shape index (κ3) is 4.29. The number of fused-ring (bicyclic) bond motifs is 1. The first-order valence-corrected chi connectivity index (χ1v) is 8.22. The minimum absolute atomic E-state index is 0.0329. The number of aromatic nitrogens is 1. The van der Waals surface area contributed by atoms with Gasteiger partial charge in [0.1, 0.15) is 6.61 Å². The number of aryl methyl sites for hydroxylation is 1. The van der Waals surface area contributed by atoms with E-state index in [0.717, 1.165) is 16.6 Å². The van der Waals surface area contributed by atoms with Gasteiger partial charge in [0.15, 0.2) is 5.11 Å². The molecule has 0 saturated carbocycles. The molecule has 0 radical (unpaired) electrons. The summed E-state index contributed by atoms with van der Waals surface area (Å²) >= 11 is 5.17. The SMILES string of the molecule is Cc1cc([N+](=O)[O-])ccc1NC(=S)NOCc1ccc2ccccc2n1. The summed E-state index contributed by atoms with van der Waals surface area (Å²) < 4.78 is 0. The van der Waals surface area contributed by atoms with E-state index in [9.17, 15) is 10.1 Å². The monoisotopic (exact) mass is 368 g/mol. The Morgan fingerprint density at radius 1 is 1.23 bits per heavy atom. The molecule has 0 aliphatic rings. The van der Waals surface area contributed by atoms with Crippen LogP contribution in [0.1, 0.15) is 11.3 Å². The van der Waals surface area contributed by atoms with Crippen LogP contribution in [0.2, 0.25) is 0 Å². The third-order valence-corrected chi connectivity index (χ3v) is 3.90. The predicted molar refractivity (Wildman–Crippen MR) is 104 cm³/mol. The fourth-order valence-electron chi connectivity index (χ4n) is 2.41. The summed E-state index contributed by atoms with van der Waals surface area (Å²) in [6, 6.07) is 16.2. The maximum atomic E-state index is 10.8. The van der Waals surface area contributed by atoms with Gasteiger partial charge in [0.05, 0.1) is 16.1 Å². The van der Waals surface area contributed by atoms with E-state index in [1.807, 2.05) is 36.4 Å². The van der Waals surface area contributed by atoms with Gasteiger partial charge in [0.2, 0.25) is 0 Å². The first kappa shape index (κ1) is 17.7. The number of hydrogen-bond donors (Lipinski definition) is 2. The molecule has 0 bridgehead atoms. The van der Waals surface area contributed by atoms with Crippen molar-refractivity contribution in [3.8, 4) is 0 Å². The molecule has 0 aliphatic carbocycles. The number of nitro groups is 1. The van der Waals surface area contributed by atoms with Gasteiger partial charge in [-0.05, 0) is 42.9 Å². The molecule has 3 rings (SSSR count). The number of pyridine rings is 1. The lowest BCUT2D eigenvalue weighted by molar-refractivity contribution is -0.384. The molecule has 132 valence electrons. The highest BCUT2D eigenvalue weighted by molar-refractivity contribution is 7.80. The molecule has 0 spiro atoms. The summed E-state index contributed by atoms with van der Waals surface area (Å²) in [5.41, 5.74) is 5.71. The largest absolute Gasteiger partial charge is 0.331 e. The summed E-state index contributed by atoms with van der Waals surface area (Å²) in [4.78, 5) is 20.2. The molecule has 0 atom stereocenters. The van der Waals surface area contributed by atoms with Crippen LogP contribution in [0.25, 0.3) is 10.9 Å². The number of hydroxylamine groups is 1. The second-order valence-electron chi connectivity index (χ2n) is 5.60. The zero-order valence-electron chi connectivity index (χ0n) is 13.9. The van der Waals surface area contributed by atoms with E-state index in [2.05, 4.69) is 15.8 Å². The molecule has 2 N–H and O–H groups in total. The molecule has 1 aromatic heterocycles. The van der Waals surface area contributed by atoms with Gasteiger partial charge in [0.25, 0.3) is 5.69 Å². The van der Waals surface area contributed by atoms with Gasteiger partial charge in [0, 0.05) is 23.2 Å². The number of benzene rings is 2. The Balaban J connectivity index is 1.54. The molecule has 2 aromatic carbocycles. The maximum absolute atomic E-state index is 10.8. The molecule has 26 heavy (non-hydrogen) atoms. The smallest absolute Gasteiger partial charge is 0.269 e. The van der Waals surface area contributed by atoms with Crippen molar-refractivity contribution in [3.05, 3.63) is 76.0 Å². The summed E-state index contributed by atoms with van der Waals surface area (Å²) in [7, 11) is 0. The van der Waals surface area contributed by atoms with Crippen LogP contribution in [0.3, 0.4) is 0 Å². The van der Waals surface area contributed by atoms with Crippen LogP contribution in [0.15, 0.2) is 54.6 Å². The minimum Gasteiger partial charge on any atom is -0.331 e. The Kier molecular flexibility index (Phi) is 5.35. The average molecular weight is 368 g/mol. The number of hydrogen-bond acceptors (Lipinski definition) is 5. The summed E-state index contributed by atoms with van der Waals surface area (Å²) in [5, 5.41) is 15.0. The molecule has 0 unspecified atom stereocenters. The molecule has 0 amide bonds. The van der Waals surface area contributed by atoms with Crippen LogP contribution in [0, 0.1) is 17.0 Å². The Bertz CT molecular complexity index is 978. The number of anilines is 1. The zero-order chi connectivity index (χ0) is 18.5. The summed E-state index contributed by atoms with van der Waals surface area (Å²) in [5.74, 6) is 0. The van der Waals surface area contributed by atoms with Crippen LogP contribution < -0.4 is 10.8 Å². The van der Waals surface area contributed by atoms with E-state index in [4.69, 9.17) is 17.1 Å². The quantitative estimate of drug-likeness (QED) is 0.401. The van der Waals surface area contributed by atoms with E-state index in [0.29, 0.717) is 11.3 Å². The molecule has 7 nitrogen and oxygen atoms in total. The van der Waals surface area contributed by atoms with Gasteiger partial charge in [-0.25, -0.2) is 5.48 Å². The van der Waals surface area contributed by atoms with Crippen molar-refractivity contribution >= 4 is 39.6 Å². The average Bonchev–Trinajstić information content (AvgIpc) is 2.63. The Labute approximate surface area is 155 Å². The molecule has 8 heteroatoms. The van der Waals surface area contributed by atoms with Gasteiger partial charge in [-0.15, -0.1) is 0 Å².